The Morgan fingerprint density at radius 2 is 1.86 bits per heavy atom. The zero-order chi connectivity index (χ0) is 20.6. The molecule has 1 aliphatic heterocycles. The van der Waals surface area contributed by atoms with Crippen LogP contribution in [-0.2, 0) is 9.47 Å². The van der Waals surface area contributed by atoms with Gasteiger partial charge in [0.2, 0.25) is 0 Å². The van der Waals surface area contributed by atoms with E-state index in [9.17, 15) is 9.59 Å². The van der Waals surface area contributed by atoms with Gasteiger partial charge in [0.15, 0.2) is 0 Å². The zero-order valence-corrected chi connectivity index (χ0v) is 17.8. The van der Waals surface area contributed by atoms with E-state index in [1.165, 1.54) is 0 Å². The Bertz CT molecular complexity index is 843. The number of hydrogen-bond acceptors (Lipinski definition) is 6. The van der Waals surface area contributed by atoms with E-state index in [-0.39, 0.29) is 12.7 Å². The molecule has 154 valence electrons. The third kappa shape index (κ3) is 6.05. The zero-order valence-electron chi connectivity index (χ0n) is 16.2. The van der Waals surface area contributed by atoms with E-state index in [2.05, 4.69) is 15.9 Å². The molecule has 1 heterocycles. The molecule has 0 aliphatic carbocycles. The summed E-state index contributed by atoms with van der Waals surface area (Å²) in [5.41, 5.74) is 0.781. The monoisotopic (exact) mass is 462 g/mol. The Kier molecular flexibility index (Phi) is 7.66. The standard InChI is InChI=1S/C22H23BrO6/c1-2-11-27-20-10-7-16(13-19(20)23)22(25)29-17-8-5-15(6-9-17)21(24)28-14-18-4-3-12-26-18/h5-10,13,18H,2-4,11-12,14H2,1H3. The minimum Gasteiger partial charge on any atom is -0.492 e. The number of benzene rings is 2. The summed E-state index contributed by atoms with van der Waals surface area (Å²) < 4.78 is 22.3. The van der Waals surface area contributed by atoms with Crippen molar-refractivity contribution in [2.45, 2.75) is 32.3 Å². The molecule has 1 aliphatic rings. The lowest BCUT2D eigenvalue weighted by Crippen LogP contribution is -2.17. The topological polar surface area (TPSA) is 71.1 Å². The highest BCUT2D eigenvalue weighted by atomic mass is 79.9. The number of halogens is 1. The average Bonchev–Trinajstić information content (AvgIpc) is 3.25. The normalized spacial score (nSPS) is 15.7. The van der Waals surface area contributed by atoms with Gasteiger partial charge in [-0.05, 0) is 77.7 Å². The second kappa shape index (κ2) is 10.4. The van der Waals surface area contributed by atoms with Gasteiger partial charge in [-0.3, -0.25) is 0 Å². The second-order valence-electron chi connectivity index (χ2n) is 6.64. The smallest absolute Gasteiger partial charge is 0.343 e. The van der Waals surface area contributed by atoms with Gasteiger partial charge >= 0.3 is 11.9 Å². The first-order valence-corrected chi connectivity index (χ1v) is 10.4. The molecular formula is C22H23BrO6. The van der Waals surface area contributed by atoms with Gasteiger partial charge in [-0.1, -0.05) is 6.92 Å². The first-order valence-electron chi connectivity index (χ1n) is 9.60. The van der Waals surface area contributed by atoms with Gasteiger partial charge < -0.3 is 18.9 Å². The molecule has 1 fully saturated rings. The largest absolute Gasteiger partial charge is 0.492 e. The van der Waals surface area contributed by atoms with Gasteiger partial charge in [0.1, 0.15) is 18.1 Å². The Morgan fingerprint density at radius 3 is 2.52 bits per heavy atom. The molecule has 1 unspecified atom stereocenters. The third-order valence-electron chi connectivity index (χ3n) is 4.35. The van der Waals surface area contributed by atoms with Gasteiger partial charge in [-0.2, -0.15) is 0 Å². The van der Waals surface area contributed by atoms with Crippen LogP contribution < -0.4 is 9.47 Å². The fraction of sp³-hybridized carbons (Fsp3) is 0.364. The molecule has 0 bridgehead atoms. The number of ether oxygens (including phenoxy) is 4. The highest BCUT2D eigenvalue weighted by molar-refractivity contribution is 9.10. The van der Waals surface area contributed by atoms with Crippen molar-refractivity contribution in [1.82, 2.24) is 0 Å². The highest BCUT2D eigenvalue weighted by Gasteiger charge is 2.18. The van der Waals surface area contributed by atoms with Gasteiger partial charge in [0.25, 0.3) is 0 Å². The van der Waals surface area contributed by atoms with Crippen LogP contribution >= 0.6 is 15.9 Å². The summed E-state index contributed by atoms with van der Waals surface area (Å²) in [7, 11) is 0. The van der Waals surface area contributed by atoms with Gasteiger partial charge in [-0.25, -0.2) is 9.59 Å². The van der Waals surface area contributed by atoms with E-state index in [1.54, 1.807) is 42.5 Å². The SMILES string of the molecule is CCCOc1ccc(C(=O)Oc2ccc(C(=O)OCC3CCCO3)cc2)cc1Br. The average molecular weight is 463 g/mol. The molecule has 29 heavy (non-hydrogen) atoms. The van der Waals surface area contributed by atoms with Crippen molar-refractivity contribution in [2.24, 2.45) is 0 Å². The Balaban J connectivity index is 1.55. The van der Waals surface area contributed by atoms with Gasteiger partial charge in [0, 0.05) is 6.61 Å². The Morgan fingerprint density at radius 1 is 1.10 bits per heavy atom. The maximum absolute atomic E-state index is 12.4. The first-order chi connectivity index (χ1) is 14.1. The molecule has 1 atom stereocenters. The molecule has 7 heteroatoms. The van der Waals surface area contributed by atoms with Crippen molar-refractivity contribution in [1.29, 1.82) is 0 Å². The van der Waals surface area contributed by atoms with Crippen LogP contribution in [0.5, 0.6) is 11.5 Å². The fourth-order valence-electron chi connectivity index (χ4n) is 2.81. The summed E-state index contributed by atoms with van der Waals surface area (Å²) >= 11 is 3.40. The van der Waals surface area contributed by atoms with Crippen molar-refractivity contribution < 1.29 is 28.5 Å². The van der Waals surface area contributed by atoms with Crippen molar-refractivity contribution >= 4 is 27.9 Å². The van der Waals surface area contributed by atoms with Crippen LogP contribution in [0.4, 0.5) is 0 Å². The van der Waals surface area contributed by atoms with E-state index in [0.717, 1.165) is 19.3 Å². The second-order valence-corrected chi connectivity index (χ2v) is 7.50. The lowest BCUT2D eigenvalue weighted by atomic mass is 10.2. The molecular weight excluding hydrogens is 440 g/mol. The third-order valence-corrected chi connectivity index (χ3v) is 4.97. The quantitative estimate of drug-likeness (QED) is 0.414. The molecule has 0 spiro atoms. The number of carbonyl (C=O) groups excluding carboxylic acids is 2. The summed E-state index contributed by atoms with van der Waals surface area (Å²) in [5.74, 6) is 0.0915. The number of esters is 2. The van der Waals surface area contributed by atoms with Crippen LogP contribution in [0.1, 0.15) is 46.9 Å². The molecule has 2 aromatic rings. The van der Waals surface area contributed by atoms with Crippen molar-refractivity contribution in [3.63, 3.8) is 0 Å². The van der Waals surface area contributed by atoms with Crippen LogP contribution in [0.2, 0.25) is 0 Å². The summed E-state index contributed by atoms with van der Waals surface area (Å²) in [6.45, 7) is 3.59. The Labute approximate surface area is 178 Å². The molecule has 1 saturated heterocycles. The summed E-state index contributed by atoms with van der Waals surface area (Å²) in [6.07, 6.45) is 2.78. The molecule has 0 radical (unpaired) electrons. The van der Waals surface area contributed by atoms with Crippen LogP contribution in [0, 0.1) is 0 Å². The fourth-order valence-corrected chi connectivity index (χ4v) is 3.30. The number of hydrogen-bond donors (Lipinski definition) is 0. The van der Waals surface area contributed by atoms with E-state index >= 15 is 0 Å². The van der Waals surface area contributed by atoms with Crippen LogP contribution in [-0.4, -0.2) is 37.9 Å². The van der Waals surface area contributed by atoms with Crippen LogP contribution in [0.15, 0.2) is 46.9 Å². The van der Waals surface area contributed by atoms with Crippen molar-refractivity contribution in [3.8, 4) is 11.5 Å². The molecule has 0 N–H and O–H groups in total. The number of rotatable bonds is 8. The molecule has 0 amide bonds. The molecule has 0 aromatic heterocycles. The maximum atomic E-state index is 12.4. The van der Waals surface area contributed by atoms with Gasteiger partial charge in [-0.15, -0.1) is 0 Å². The lowest BCUT2D eigenvalue weighted by Gasteiger charge is -2.11. The van der Waals surface area contributed by atoms with Crippen molar-refractivity contribution in [3.05, 3.63) is 58.1 Å². The summed E-state index contributed by atoms with van der Waals surface area (Å²) in [5, 5.41) is 0. The molecule has 3 rings (SSSR count). The highest BCUT2D eigenvalue weighted by Crippen LogP contribution is 2.27. The van der Waals surface area contributed by atoms with E-state index in [1.807, 2.05) is 6.92 Å². The Hall–Kier alpha value is -2.38. The van der Waals surface area contributed by atoms with Crippen molar-refractivity contribution in [2.75, 3.05) is 19.8 Å². The molecule has 2 aromatic carbocycles. The predicted molar refractivity (Wildman–Crippen MR) is 111 cm³/mol. The minimum absolute atomic E-state index is 0.0164. The summed E-state index contributed by atoms with van der Waals surface area (Å²) in [6, 6.07) is 11.3. The lowest BCUT2D eigenvalue weighted by molar-refractivity contribution is 0.0161. The summed E-state index contributed by atoms with van der Waals surface area (Å²) in [4.78, 5) is 24.5. The predicted octanol–water partition coefficient (Wildman–Crippen LogP) is 4.79. The van der Waals surface area contributed by atoms with Crippen LogP contribution in [0.3, 0.4) is 0 Å². The first kappa shape index (κ1) is 21.3. The number of carbonyl (C=O) groups is 2. The molecule has 6 nitrogen and oxygen atoms in total. The molecule has 0 saturated carbocycles. The van der Waals surface area contributed by atoms with E-state index in [0.29, 0.717) is 40.3 Å². The van der Waals surface area contributed by atoms with E-state index < -0.39 is 11.9 Å². The van der Waals surface area contributed by atoms with Gasteiger partial charge in [0.05, 0.1) is 28.3 Å². The minimum atomic E-state index is -0.499. The van der Waals surface area contributed by atoms with Crippen LogP contribution in [0.25, 0.3) is 0 Å². The maximum Gasteiger partial charge on any atom is 0.343 e. The van der Waals surface area contributed by atoms with E-state index in [4.69, 9.17) is 18.9 Å².